The molecule has 2 rings (SSSR count). The van der Waals surface area contributed by atoms with Crippen LogP contribution < -0.4 is 0 Å². The third-order valence-corrected chi connectivity index (χ3v) is 3.01. The summed E-state index contributed by atoms with van der Waals surface area (Å²) in [6, 6.07) is 0. The Morgan fingerprint density at radius 2 is 2.31 bits per heavy atom. The minimum atomic E-state index is -0.297. The fourth-order valence-electron chi connectivity index (χ4n) is 1.56. The highest BCUT2D eigenvalue weighted by Gasteiger charge is 2.23. The summed E-state index contributed by atoms with van der Waals surface area (Å²) < 4.78 is 18.3. The van der Waals surface area contributed by atoms with Gasteiger partial charge >= 0.3 is 0 Å². The van der Waals surface area contributed by atoms with Gasteiger partial charge in [-0.15, -0.1) is 0 Å². The van der Waals surface area contributed by atoms with Crippen LogP contribution in [-0.2, 0) is 20.9 Å². The SMILES string of the molecule is CCOCn1c(C2OCCO2)cnc1SC. The van der Waals surface area contributed by atoms with Crippen LogP contribution in [0.4, 0.5) is 0 Å². The Bertz CT molecular complexity index is 337. The molecule has 0 unspecified atom stereocenters. The molecule has 0 saturated carbocycles. The molecular formula is C10H16N2O3S. The van der Waals surface area contributed by atoms with Crippen LogP contribution in [0.25, 0.3) is 0 Å². The van der Waals surface area contributed by atoms with Gasteiger partial charge < -0.3 is 14.2 Å². The summed E-state index contributed by atoms with van der Waals surface area (Å²) in [7, 11) is 0. The predicted octanol–water partition coefficient (Wildman–Crippen LogP) is 1.64. The lowest BCUT2D eigenvalue weighted by atomic mass is 10.4. The maximum atomic E-state index is 5.47. The van der Waals surface area contributed by atoms with Crippen molar-refractivity contribution in [2.45, 2.75) is 25.1 Å². The topological polar surface area (TPSA) is 45.5 Å². The van der Waals surface area contributed by atoms with Gasteiger partial charge in [-0.2, -0.15) is 0 Å². The predicted molar refractivity (Wildman–Crippen MR) is 60.3 cm³/mol. The molecule has 0 aromatic carbocycles. The molecule has 0 spiro atoms. The third kappa shape index (κ3) is 2.40. The van der Waals surface area contributed by atoms with Crippen molar-refractivity contribution in [1.29, 1.82) is 0 Å². The molecular weight excluding hydrogens is 228 g/mol. The zero-order chi connectivity index (χ0) is 11.4. The van der Waals surface area contributed by atoms with Gasteiger partial charge in [-0.3, -0.25) is 4.57 Å². The molecule has 0 aliphatic carbocycles. The standard InChI is InChI=1S/C10H16N2O3S/c1-3-13-7-12-8(6-11-10(12)16-2)9-14-4-5-15-9/h6,9H,3-5,7H2,1-2H3. The van der Waals surface area contributed by atoms with Gasteiger partial charge in [0.05, 0.1) is 25.1 Å². The molecule has 1 aromatic heterocycles. The van der Waals surface area contributed by atoms with Crippen LogP contribution >= 0.6 is 11.8 Å². The van der Waals surface area contributed by atoms with Gasteiger partial charge in [0.1, 0.15) is 6.73 Å². The maximum absolute atomic E-state index is 5.47. The summed E-state index contributed by atoms with van der Waals surface area (Å²) in [5, 5.41) is 0.919. The zero-order valence-corrected chi connectivity index (χ0v) is 10.3. The second-order valence-corrected chi connectivity index (χ2v) is 4.07. The molecule has 1 fully saturated rings. The molecule has 5 nitrogen and oxygen atoms in total. The first-order valence-corrected chi connectivity index (χ1v) is 6.49. The third-order valence-electron chi connectivity index (χ3n) is 2.32. The van der Waals surface area contributed by atoms with Crippen LogP contribution in [0.1, 0.15) is 18.9 Å². The first-order chi connectivity index (χ1) is 7.86. The highest BCUT2D eigenvalue weighted by Crippen LogP contribution is 2.26. The summed E-state index contributed by atoms with van der Waals surface area (Å²) in [4.78, 5) is 4.32. The van der Waals surface area contributed by atoms with E-state index in [2.05, 4.69) is 4.98 Å². The number of hydrogen-bond donors (Lipinski definition) is 0. The highest BCUT2D eigenvalue weighted by molar-refractivity contribution is 7.98. The Labute approximate surface area is 99.1 Å². The number of nitrogens with zero attached hydrogens (tertiary/aromatic N) is 2. The van der Waals surface area contributed by atoms with E-state index in [1.807, 2.05) is 17.7 Å². The lowest BCUT2D eigenvalue weighted by molar-refractivity contribution is -0.0545. The summed E-state index contributed by atoms with van der Waals surface area (Å²) in [6.45, 7) is 4.42. The number of aromatic nitrogens is 2. The van der Waals surface area contributed by atoms with Gasteiger partial charge in [0, 0.05) is 6.61 Å². The van der Waals surface area contributed by atoms with E-state index in [1.165, 1.54) is 0 Å². The van der Waals surface area contributed by atoms with Crippen molar-refractivity contribution in [3.05, 3.63) is 11.9 Å². The van der Waals surface area contributed by atoms with E-state index in [0.29, 0.717) is 26.6 Å². The summed E-state index contributed by atoms with van der Waals surface area (Å²) in [5.41, 5.74) is 0.926. The lowest BCUT2D eigenvalue weighted by Gasteiger charge is -2.14. The summed E-state index contributed by atoms with van der Waals surface area (Å²) in [6.07, 6.45) is 3.49. The van der Waals surface area contributed by atoms with E-state index in [9.17, 15) is 0 Å². The number of imidazole rings is 1. The molecule has 0 radical (unpaired) electrons. The van der Waals surface area contributed by atoms with E-state index in [1.54, 1.807) is 18.0 Å². The molecule has 1 aliphatic rings. The van der Waals surface area contributed by atoms with Gasteiger partial charge in [-0.25, -0.2) is 4.98 Å². The zero-order valence-electron chi connectivity index (χ0n) is 9.51. The highest BCUT2D eigenvalue weighted by atomic mass is 32.2. The van der Waals surface area contributed by atoms with Crippen LogP contribution in [0, 0.1) is 0 Å². The second-order valence-electron chi connectivity index (χ2n) is 3.29. The molecule has 2 heterocycles. The van der Waals surface area contributed by atoms with Crippen LogP contribution in [0.5, 0.6) is 0 Å². The lowest BCUT2D eigenvalue weighted by Crippen LogP contribution is -2.11. The largest absolute Gasteiger partial charge is 0.361 e. The fraction of sp³-hybridized carbons (Fsp3) is 0.700. The van der Waals surface area contributed by atoms with Crippen molar-refractivity contribution < 1.29 is 14.2 Å². The Kier molecular flexibility index (Phi) is 4.22. The number of thioether (sulfide) groups is 1. The van der Waals surface area contributed by atoms with Crippen LogP contribution in [0.2, 0.25) is 0 Å². The molecule has 1 aliphatic heterocycles. The van der Waals surface area contributed by atoms with Crippen LogP contribution in [-0.4, -0.2) is 35.6 Å². The average molecular weight is 244 g/mol. The Morgan fingerprint density at radius 3 is 2.94 bits per heavy atom. The smallest absolute Gasteiger partial charge is 0.200 e. The minimum Gasteiger partial charge on any atom is -0.361 e. The van der Waals surface area contributed by atoms with Gasteiger partial charge in [0.15, 0.2) is 5.16 Å². The number of ether oxygens (including phenoxy) is 3. The molecule has 1 saturated heterocycles. The van der Waals surface area contributed by atoms with Crippen LogP contribution in [0.3, 0.4) is 0 Å². The van der Waals surface area contributed by atoms with E-state index < -0.39 is 0 Å². The van der Waals surface area contributed by atoms with Gasteiger partial charge in [0.25, 0.3) is 0 Å². The molecule has 1 aromatic rings. The summed E-state index contributed by atoms with van der Waals surface area (Å²) >= 11 is 1.59. The Hall–Kier alpha value is -0.560. The van der Waals surface area contributed by atoms with Gasteiger partial charge in [0.2, 0.25) is 6.29 Å². The average Bonchev–Trinajstić information content (AvgIpc) is 2.94. The van der Waals surface area contributed by atoms with Gasteiger partial charge in [-0.1, -0.05) is 11.8 Å². The first kappa shape index (κ1) is 11.9. The van der Waals surface area contributed by atoms with Crippen molar-refractivity contribution in [1.82, 2.24) is 9.55 Å². The molecule has 0 N–H and O–H groups in total. The normalized spacial score (nSPS) is 17.1. The molecule has 0 amide bonds. The van der Waals surface area contributed by atoms with Gasteiger partial charge in [-0.05, 0) is 13.2 Å². The minimum absolute atomic E-state index is 0.297. The molecule has 0 atom stereocenters. The van der Waals surface area contributed by atoms with E-state index >= 15 is 0 Å². The fourth-order valence-corrected chi connectivity index (χ4v) is 2.10. The van der Waals surface area contributed by atoms with Crippen molar-refractivity contribution in [3.8, 4) is 0 Å². The van der Waals surface area contributed by atoms with Crippen molar-refractivity contribution in [2.24, 2.45) is 0 Å². The summed E-state index contributed by atoms with van der Waals surface area (Å²) in [5.74, 6) is 0. The Morgan fingerprint density at radius 1 is 1.56 bits per heavy atom. The van der Waals surface area contributed by atoms with E-state index in [0.717, 1.165) is 10.9 Å². The quantitative estimate of drug-likeness (QED) is 0.737. The number of hydrogen-bond acceptors (Lipinski definition) is 5. The van der Waals surface area contributed by atoms with Crippen molar-refractivity contribution >= 4 is 11.8 Å². The van der Waals surface area contributed by atoms with Crippen LogP contribution in [0.15, 0.2) is 11.4 Å². The second kappa shape index (κ2) is 5.67. The maximum Gasteiger partial charge on any atom is 0.200 e. The molecule has 16 heavy (non-hydrogen) atoms. The molecule has 0 bridgehead atoms. The van der Waals surface area contributed by atoms with Crippen molar-refractivity contribution in [3.63, 3.8) is 0 Å². The first-order valence-electron chi connectivity index (χ1n) is 5.27. The van der Waals surface area contributed by atoms with E-state index in [-0.39, 0.29) is 6.29 Å². The number of rotatable bonds is 5. The Balaban J connectivity index is 2.18. The monoisotopic (exact) mass is 244 g/mol. The molecule has 90 valence electrons. The molecule has 6 heteroatoms. The van der Waals surface area contributed by atoms with E-state index in [4.69, 9.17) is 14.2 Å². The van der Waals surface area contributed by atoms with Crippen molar-refractivity contribution in [2.75, 3.05) is 26.1 Å².